The number of nitrogens with zero attached hydrogens (tertiary/aromatic N) is 1. The molecule has 0 aliphatic heterocycles. The zero-order chi connectivity index (χ0) is 20.4. The van der Waals surface area contributed by atoms with E-state index >= 15 is 4.39 Å². The van der Waals surface area contributed by atoms with Crippen LogP contribution < -0.4 is 4.74 Å². The van der Waals surface area contributed by atoms with Crippen LogP contribution in [0.2, 0.25) is 0 Å². The summed E-state index contributed by atoms with van der Waals surface area (Å²) in [5.74, 6) is -0.489. The number of ether oxygens (including phenoxy) is 2. The number of rotatable bonds is 5. The summed E-state index contributed by atoms with van der Waals surface area (Å²) in [5, 5.41) is 0.993. The first-order valence-electron chi connectivity index (χ1n) is 9.20. The molecule has 29 heavy (non-hydrogen) atoms. The molecule has 0 aliphatic carbocycles. The van der Waals surface area contributed by atoms with Gasteiger partial charge in [-0.2, -0.15) is 0 Å². The van der Waals surface area contributed by atoms with Gasteiger partial charge in [0.15, 0.2) is 0 Å². The number of benzene rings is 3. The Balaban J connectivity index is 1.88. The van der Waals surface area contributed by atoms with E-state index in [1.165, 1.54) is 13.2 Å². The third kappa shape index (κ3) is 3.47. The van der Waals surface area contributed by atoms with Gasteiger partial charge in [0.05, 0.1) is 26.3 Å². The van der Waals surface area contributed by atoms with Crippen LogP contribution in [0.1, 0.15) is 15.9 Å². The molecule has 146 valence electrons. The summed E-state index contributed by atoms with van der Waals surface area (Å²) in [6, 6.07) is 22.6. The Morgan fingerprint density at radius 1 is 0.966 bits per heavy atom. The van der Waals surface area contributed by atoms with Crippen LogP contribution in [0.3, 0.4) is 0 Å². The molecule has 1 heterocycles. The van der Waals surface area contributed by atoms with Crippen LogP contribution in [0, 0.1) is 5.82 Å². The lowest BCUT2D eigenvalue weighted by Crippen LogP contribution is -2.09. The Kier molecular flexibility index (Phi) is 5.04. The number of carbonyl (C=O) groups is 1. The third-order valence-electron chi connectivity index (χ3n) is 4.99. The molecule has 0 spiro atoms. The minimum atomic E-state index is -0.685. The number of carbonyl (C=O) groups excluding carboxylic acids is 1. The smallest absolute Gasteiger partial charge is 0.340 e. The molecular formula is C24H20FNO3. The lowest BCUT2D eigenvalue weighted by molar-refractivity contribution is 0.0595. The highest BCUT2D eigenvalue weighted by Crippen LogP contribution is 2.32. The van der Waals surface area contributed by atoms with Gasteiger partial charge < -0.3 is 14.0 Å². The van der Waals surface area contributed by atoms with Crippen molar-refractivity contribution < 1.29 is 18.7 Å². The van der Waals surface area contributed by atoms with Gasteiger partial charge in [0, 0.05) is 22.2 Å². The topological polar surface area (TPSA) is 40.5 Å². The number of methoxy groups -OCH3 is 2. The second kappa shape index (κ2) is 7.80. The van der Waals surface area contributed by atoms with Crippen LogP contribution in [0.5, 0.6) is 5.75 Å². The molecule has 3 aromatic carbocycles. The zero-order valence-corrected chi connectivity index (χ0v) is 16.2. The molecule has 0 amide bonds. The van der Waals surface area contributed by atoms with Gasteiger partial charge >= 0.3 is 5.97 Å². The van der Waals surface area contributed by atoms with E-state index in [1.807, 2.05) is 53.1 Å². The Bertz CT molecular complexity index is 1180. The molecule has 0 saturated carbocycles. The van der Waals surface area contributed by atoms with Crippen molar-refractivity contribution >= 4 is 16.9 Å². The van der Waals surface area contributed by atoms with E-state index in [-0.39, 0.29) is 12.1 Å². The van der Waals surface area contributed by atoms with Crippen LogP contribution in [0.15, 0.2) is 72.8 Å². The molecule has 0 saturated heterocycles. The summed E-state index contributed by atoms with van der Waals surface area (Å²) in [5.41, 5.74) is 3.28. The molecule has 0 atom stereocenters. The summed E-state index contributed by atoms with van der Waals surface area (Å²) in [4.78, 5) is 11.9. The van der Waals surface area contributed by atoms with Crippen molar-refractivity contribution in [3.8, 4) is 17.0 Å². The second-order valence-corrected chi connectivity index (χ2v) is 6.68. The molecule has 5 heteroatoms. The first-order valence-corrected chi connectivity index (χ1v) is 9.20. The van der Waals surface area contributed by atoms with Crippen molar-refractivity contribution in [1.82, 2.24) is 4.57 Å². The molecule has 0 unspecified atom stereocenters. The van der Waals surface area contributed by atoms with E-state index in [1.54, 1.807) is 19.2 Å². The molecule has 0 fully saturated rings. The highest BCUT2D eigenvalue weighted by Gasteiger charge is 2.18. The standard InChI is InChI=1S/C24H20FNO3/c1-28-19-11-12-21-18(13-19)14-22(16-7-4-3-5-8-16)26(21)15-17-9-6-10-20(23(17)25)24(27)29-2/h3-14H,15H2,1-2H3. The van der Waals surface area contributed by atoms with Crippen molar-refractivity contribution in [2.75, 3.05) is 14.2 Å². The van der Waals surface area contributed by atoms with Gasteiger partial charge in [0.25, 0.3) is 0 Å². The van der Waals surface area contributed by atoms with Crippen molar-refractivity contribution in [2.45, 2.75) is 6.54 Å². The van der Waals surface area contributed by atoms with Crippen LogP contribution in [0.25, 0.3) is 22.2 Å². The minimum absolute atomic E-state index is 0.0654. The summed E-state index contributed by atoms with van der Waals surface area (Å²) in [7, 11) is 2.87. The first-order chi connectivity index (χ1) is 14.1. The Morgan fingerprint density at radius 2 is 1.76 bits per heavy atom. The van der Waals surface area contributed by atoms with Crippen molar-refractivity contribution in [3.63, 3.8) is 0 Å². The van der Waals surface area contributed by atoms with Gasteiger partial charge in [-0.05, 0) is 35.9 Å². The highest BCUT2D eigenvalue weighted by molar-refractivity contribution is 5.90. The molecule has 1 aromatic heterocycles. The fourth-order valence-corrected chi connectivity index (χ4v) is 3.53. The van der Waals surface area contributed by atoms with Gasteiger partial charge in [-0.3, -0.25) is 0 Å². The molecule has 4 nitrogen and oxygen atoms in total. The molecular weight excluding hydrogens is 369 g/mol. The van der Waals surface area contributed by atoms with Gasteiger partial charge in [0.2, 0.25) is 0 Å². The lowest BCUT2D eigenvalue weighted by Gasteiger charge is -2.13. The van der Waals surface area contributed by atoms with Crippen LogP contribution in [-0.2, 0) is 11.3 Å². The Hall–Kier alpha value is -3.60. The maximum Gasteiger partial charge on any atom is 0.340 e. The number of fused-ring (bicyclic) bond motifs is 1. The maximum absolute atomic E-state index is 15.0. The van der Waals surface area contributed by atoms with E-state index < -0.39 is 11.8 Å². The van der Waals surface area contributed by atoms with Gasteiger partial charge in [0.1, 0.15) is 11.6 Å². The van der Waals surface area contributed by atoms with Gasteiger partial charge in [-0.25, -0.2) is 9.18 Å². The van der Waals surface area contributed by atoms with E-state index in [0.717, 1.165) is 27.9 Å². The van der Waals surface area contributed by atoms with E-state index in [4.69, 9.17) is 9.47 Å². The summed E-state index contributed by atoms with van der Waals surface area (Å²) >= 11 is 0. The first kappa shape index (κ1) is 18.7. The van der Waals surface area contributed by atoms with Crippen LogP contribution in [0.4, 0.5) is 4.39 Å². The Labute approximate surface area is 168 Å². The fraction of sp³-hybridized carbons (Fsp3) is 0.125. The highest BCUT2D eigenvalue weighted by atomic mass is 19.1. The molecule has 0 radical (unpaired) electrons. The average molecular weight is 389 g/mol. The molecule has 4 aromatic rings. The quantitative estimate of drug-likeness (QED) is 0.436. The summed E-state index contributed by atoms with van der Waals surface area (Å²) in [6.07, 6.45) is 0. The maximum atomic E-state index is 15.0. The van der Waals surface area contributed by atoms with Crippen molar-refractivity contribution in [3.05, 3.63) is 89.7 Å². The second-order valence-electron chi connectivity index (χ2n) is 6.68. The SMILES string of the molecule is COC(=O)c1cccc(Cn2c(-c3ccccc3)cc3cc(OC)ccc32)c1F. The molecule has 0 bridgehead atoms. The zero-order valence-electron chi connectivity index (χ0n) is 16.2. The number of halogens is 1. The van der Waals surface area contributed by atoms with Crippen molar-refractivity contribution in [2.24, 2.45) is 0 Å². The lowest BCUT2D eigenvalue weighted by atomic mass is 10.1. The predicted molar refractivity (Wildman–Crippen MR) is 111 cm³/mol. The number of hydrogen-bond acceptors (Lipinski definition) is 3. The normalized spacial score (nSPS) is 10.9. The van der Waals surface area contributed by atoms with E-state index in [9.17, 15) is 4.79 Å². The van der Waals surface area contributed by atoms with Crippen LogP contribution in [-0.4, -0.2) is 24.8 Å². The molecule has 0 aliphatic rings. The monoisotopic (exact) mass is 389 g/mol. The van der Waals surface area contributed by atoms with Gasteiger partial charge in [-0.15, -0.1) is 0 Å². The number of hydrogen-bond donors (Lipinski definition) is 0. The predicted octanol–water partition coefficient (Wildman–Crippen LogP) is 5.29. The van der Waals surface area contributed by atoms with Crippen molar-refractivity contribution in [1.29, 1.82) is 0 Å². The molecule has 0 N–H and O–H groups in total. The van der Waals surface area contributed by atoms with E-state index in [2.05, 4.69) is 6.07 Å². The average Bonchev–Trinajstić information content (AvgIpc) is 3.12. The van der Waals surface area contributed by atoms with Crippen LogP contribution >= 0.6 is 0 Å². The number of esters is 1. The minimum Gasteiger partial charge on any atom is -0.497 e. The summed E-state index contributed by atoms with van der Waals surface area (Å²) < 4.78 is 27.1. The summed E-state index contributed by atoms with van der Waals surface area (Å²) in [6.45, 7) is 0.275. The third-order valence-corrected chi connectivity index (χ3v) is 4.99. The number of aromatic nitrogens is 1. The van der Waals surface area contributed by atoms with E-state index in [0.29, 0.717) is 5.56 Å². The van der Waals surface area contributed by atoms with Gasteiger partial charge in [-0.1, -0.05) is 42.5 Å². The molecule has 4 rings (SSSR count). The largest absolute Gasteiger partial charge is 0.497 e. The Morgan fingerprint density at radius 3 is 2.48 bits per heavy atom. The fourth-order valence-electron chi connectivity index (χ4n) is 3.53.